The molecule has 0 aliphatic rings. The van der Waals surface area contributed by atoms with Crippen LogP contribution in [0.5, 0.6) is 0 Å². The molecule has 81 heavy (non-hydrogen) atoms. The zero-order valence-electron chi connectivity index (χ0n) is 44.6. The van der Waals surface area contributed by atoms with E-state index in [9.17, 15) is 16.8 Å². The first-order valence-electron chi connectivity index (χ1n) is 24.9. The highest BCUT2D eigenvalue weighted by Crippen LogP contribution is 2.31. The monoisotopic (exact) mass is 1140 g/mol. The molecule has 0 aliphatic heterocycles. The second kappa shape index (κ2) is 24.6. The molecule has 4 N–H and O–H groups in total. The fourth-order valence-corrected chi connectivity index (χ4v) is 9.94. The van der Waals surface area contributed by atoms with Crippen LogP contribution in [-0.4, -0.2) is 114 Å². The maximum absolute atomic E-state index is 12.5. The summed E-state index contributed by atoms with van der Waals surface area (Å²) < 4.78 is 71.5. The second-order valence-electron chi connectivity index (χ2n) is 18.4. The van der Waals surface area contributed by atoms with E-state index < -0.39 is 24.9 Å². The molecule has 0 amide bonds. The Labute approximate surface area is 472 Å². The summed E-state index contributed by atoms with van der Waals surface area (Å²) in [5.41, 5.74) is 19.7. The predicted molar refractivity (Wildman–Crippen MR) is 311 cm³/mol. The van der Waals surface area contributed by atoms with Crippen LogP contribution in [0.2, 0.25) is 0 Å². The number of hydrogen-bond acceptors (Lipinski definition) is 23. The first-order chi connectivity index (χ1) is 39.0. The Morgan fingerprint density at radius 3 is 1.47 bits per heavy atom. The zero-order valence-corrected chi connectivity index (χ0v) is 46.2. The van der Waals surface area contributed by atoms with E-state index in [1.54, 1.807) is 106 Å². The maximum Gasteiger partial charge on any atom is 0.270 e. The van der Waals surface area contributed by atoms with Crippen molar-refractivity contribution in [3.63, 3.8) is 0 Å². The van der Waals surface area contributed by atoms with E-state index >= 15 is 0 Å². The van der Waals surface area contributed by atoms with Gasteiger partial charge in [0.25, 0.3) is 17.7 Å². The third-order valence-corrected chi connectivity index (χ3v) is 16.0. The molecule has 11 aromatic rings. The molecule has 11 rings (SSSR count). The maximum atomic E-state index is 12.5. The lowest BCUT2D eigenvalue weighted by Crippen LogP contribution is -2.21. The van der Waals surface area contributed by atoms with Gasteiger partial charge in [-0.25, -0.2) is 36.8 Å². The van der Waals surface area contributed by atoms with Gasteiger partial charge in [-0.1, -0.05) is 60.7 Å². The molecule has 7 aromatic heterocycles. The summed E-state index contributed by atoms with van der Waals surface area (Å²) >= 11 is 0. The lowest BCUT2D eigenvalue weighted by atomic mass is 10.1. The van der Waals surface area contributed by atoms with E-state index in [0.717, 1.165) is 27.8 Å². The molecule has 0 spiro atoms. The standard InChI is InChI=1S/C23H23N5O3S.C17H19N5O3S.C16H11N5O2.5H2/c1-16-21(23-27-26-22(31-23)18-7-5-4-6-8-18)25-20(15-24-16)17-9-11-19(12-10-17)32(29,30)14-13-28(2)3;1-10(2)26(23,24)13-6-4-12(5-7-13)14-9-19-11(3)16(20-14)17-22-21-15(8-18)25-17;17-14-13(19-12(8-18-14)11-6-7-22-9-11)16-21-20-15(23-16)10-4-2-1-3-5-10;;;;;/h4-12,15H,13-14H2,1-3H3;4-7,9-10H,8,18H2,1-3H3;1-9H,(H2,17,18);5*1H. The summed E-state index contributed by atoms with van der Waals surface area (Å²) in [6, 6.07) is 34.0. The minimum Gasteiger partial charge on any atom is -0.472 e. The van der Waals surface area contributed by atoms with Crippen LogP contribution in [0.15, 0.2) is 174 Å². The fraction of sp³-hybridized carbons (Fsp3) is 0.179. The largest absolute Gasteiger partial charge is 0.472 e. The SMILES string of the molecule is Cc1ncc(-c2ccc(S(=O)(=O)C(C)C)cc2)nc1-c1nnc(CN)o1.Cc1ncc(-c2ccc(S(=O)(=O)CCN(C)C)cc2)nc1-c1nnc(-c2ccccc2)o1.Nc1ncc(-c2ccoc2)nc1-c1nnc(-c2ccccc2)o1.[HH].[HH].[HH].[HH].[HH]. The van der Waals surface area contributed by atoms with E-state index in [2.05, 4.69) is 60.5 Å². The van der Waals surface area contributed by atoms with Gasteiger partial charge >= 0.3 is 0 Å². The van der Waals surface area contributed by atoms with Crippen LogP contribution in [0.4, 0.5) is 5.82 Å². The predicted octanol–water partition coefficient (Wildman–Crippen LogP) is 9.91. The highest BCUT2D eigenvalue weighted by Gasteiger charge is 2.22. The van der Waals surface area contributed by atoms with Gasteiger partial charge < -0.3 is 34.0 Å². The van der Waals surface area contributed by atoms with Crippen molar-refractivity contribution in [2.24, 2.45) is 5.73 Å². The van der Waals surface area contributed by atoms with Gasteiger partial charge in [0.1, 0.15) is 11.4 Å². The number of aromatic nitrogens is 12. The van der Waals surface area contributed by atoms with E-state index in [0.29, 0.717) is 69.8 Å². The first-order valence-corrected chi connectivity index (χ1v) is 28.1. The molecule has 0 atom stereocenters. The Morgan fingerprint density at radius 2 is 0.988 bits per heavy atom. The molecule has 0 aliphatic carbocycles. The number of aryl methyl sites for hydroxylation is 2. The Hall–Kier alpha value is -9.56. The minimum atomic E-state index is -3.35. The Kier molecular flexibility index (Phi) is 17.1. The molecule has 0 radical (unpaired) electrons. The smallest absolute Gasteiger partial charge is 0.270 e. The fourth-order valence-electron chi connectivity index (χ4n) is 7.49. The van der Waals surface area contributed by atoms with Gasteiger partial charge in [-0.3, -0.25) is 9.97 Å². The topological polar surface area (TPSA) is 331 Å². The summed E-state index contributed by atoms with van der Waals surface area (Å²) in [5.74, 6) is 2.15. The van der Waals surface area contributed by atoms with Gasteiger partial charge in [-0.05, 0) is 96.4 Å². The highest BCUT2D eigenvalue weighted by atomic mass is 32.2. The van der Waals surface area contributed by atoms with Crippen molar-refractivity contribution < 1.29 is 41.6 Å². The molecule has 0 fully saturated rings. The average Bonchev–Trinajstić information content (AvgIpc) is 2.35. The first kappa shape index (κ1) is 56.2. The van der Waals surface area contributed by atoms with Crippen LogP contribution in [0.3, 0.4) is 0 Å². The number of nitrogen functional groups attached to an aromatic ring is 1. The molecule has 0 unspecified atom stereocenters. The number of nitrogens with zero attached hydrogens (tertiary/aromatic N) is 13. The van der Waals surface area contributed by atoms with Crippen LogP contribution in [-0.2, 0) is 26.2 Å². The van der Waals surface area contributed by atoms with Crippen LogP contribution < -0.4 is 11.5 Å². The van der Waals surface area contributed by atoms with Crippen molar-refractivity contribution in [3.8, 4) is 91.4 Å². The van der Waals surface area contributed by atoms with Gasteiger partial charge in [0.05, 0.1) is 86.9 Å². The number of furan rings is 1. The van der Waals surface area contributed by atoms with Crippen molar-refractivity contribution in [3.05, 3.63) is 164 Å². The van der Waals surface area contributed by atoms with E-state index in [1.807, 2.05) is 86.6 Å². The van der Waals surface area contributed by atoms with Gasteiger partial charge in [-0.15, -0.1) is 30.6 Å². The highest BCUT2D eigenvalue weighted by molar-refractivity contribution is 7.92. The Morgan fingerprint density at radius 1 is 0.531 bits per heavy atom. The third-order valence-electron chi connectivity index (χ3n) is 12.1. The lowest BCUT2D eigenvalue weighted by Gasteiger charge is -2.10. The molecule has 0 bridgehead atoms. The van der Waals surface area contributed by atoms with Crippen LogP contribution >= 0.6 is 0 Å². The number of hydrogen-bond donors (Lipinski definition) is 2. The summed E-state index contributed by atoms with van der Waals surface area (Å²) in [6.07, 6.45) is 7.96. The quantitative estimate of drug-likeness (QED) is 0.0963. The van der Waals surface area contributed by atoms with Gasteiger partial charge in [-0.2, -0.15) is 0 Å². The Balaban J connectivity index is 0.000000272. The van der Waals surface area contributed by atoms with Crippen LogP contribution in [0.1, 0.15) is 38.3 Å². The minimum absolute atomic E-state index is 0. The third kappa shape index (κ3) is 13.3. The summed E-state index contributed by atoms with van der Waals surface area (Å²) in [6.45, 7) is 7.52. The van der Waals surface area contributed by atoms with Gasteiger partial charge in [0.2, 0.25) is 17.7 Å². The van der Waals surface area contributed by atoms with E-state index in [1.165, 1.54) is 0 Å². The molecule has 23 nitrogen and oxygen atoms in total. The van der Waals surface area contributed by atoms with Crippen molar-refractivity contribution in [2.75, 3.05) is 32.1 Å². The number of anilines is 1. The molecule has 7 heterocycles. The summed E-state index contributed by atoms with van der Waals surface area (Å²) in [7, 11) is -2.97. The number of nitrogens with two attached hydrogens (primary N) is 2. The average molecular weight is 1140 g/mol. The number of rotatable bonds is 15. The van der Waals surface area contributed by atoms with Crippen molar-refractivity contribution in [2.45, 2.75) is 49.3 Å². The zero-order chi connectivity index (χ0) is 57.3. The van der Waals surface area contributed by atoms with Crippen LogP contribution in [0, 0.1) is 13.8 Å². The number of sulfone groups is 2. The number of benzene rings is 4. The normalized spacial score (nSPS) is 11.5. The van der Waals surface area contributed by atoms with Crippen molar-refractivity contribution in [1.29, 1.82) is 0 Å². The van der Waals surface area contributed by atoms with Gasteiger partial charge in [0, 0.05) is 41.5 Å². The molecule has 4 aromatic carbocycles. The molecule has 0 saturated carbocycles. The van der Waals surface area contributed by atoms with E-state index in [4.69, 9.17) is 29.1 Å². The lowest BCUT2D eigenvalue weighted by molar-refractivity contribution is 0.432. The summed E-state index contributed by atoms with van der Waals surface area (Å²) in [5, 5.41) is 23.6. The second-order valence-corrected chi connectivity index (χ2v) is 23.0. The molecule has 0 saturated heterocycles. The molecule has 422 valence electrons. The molecular formula is C56H63N15O8S2. The summed E-state index contributed by atoms with van der Waals surface area (Å²) in [4.78, 5) is 28.9. The van der Waals surface area contributed by atoms with Gasteiger partial charge in [0.15, 0.2) is 31.2 Å². The van der Waals surface area contributed by atoms with Crippen LogP contribution in [0.25, 0.3) is 91.4 Å². The molecule has 25 heteroatoms. The van der Waals surface area contributed by atoms with Crippen molar-refractivity contribution in [1.82, 2.24) is 65.4 Å². The Bertz CT molecular complexity index is 4150. The van der Waals surface area contributed by atoms with E-state index in [-0.39, 0.29) is 52.7 Å². The van der Waals surface area contributed by atoms with Crippen molar-refractivity contribution >= 4 is 25.5 Å². The molecular weight excluding hydrogens is 1070 g/mol.